The summed E-state index contributed by atoms with van der Waals surface area (Å²) >= 11 is 5.35. The van der Waals surface area contributed by atoms with Crippen LogP contribution in [0.3, 0.4) is 0 Å². The van der Waals surface area contributed by atoms with E-state index in [-0.39, 0.29) is 11.0 Å². The number of hydrogen-bond donors (Lipinski definition) is 2. The summed E-state index contributed by atoms with van der Waals surface area (Å²) in [6.07, 6.45) is 0. The van der Waals surface area contributed by atoms with Crippen LogP contribution in [0.4, 0.5) is 5.69 Å². The number of rotatable bonds is 3. The molecular formula is C23H19N3O2S. The molecule has 0 aliphatic carbocycles. The van der Waals surface area contributed by atoms with E-state index in [9.17, 15) is 4.79 Å². The summed E-state index contributed by atoms with van der Waals surface area (Å²) in [5, 5.41) is 6.07. The number of nitrogens with one attached hydrogen (secondary N) is 2. The van der Waals surface area contributed by atoms with E-state index < -0.39 is 0 Å². The van der Waals surface area contributed by atoms with Gasteiger partial charge in [0.05, 0.1) is 0 Å². The first-order chi connectivity index (χ1) is 14.0. The van der Waals surface area contributed by atoms with Crippen LogP contribution in [0.5, 0.6) is 0 Å². The number of amides is 1. The van der Waals surface area contributed by atoms with Crippen LogP contribution in [0.1, 0.15) is 21.5 Å². The highest BCUT2D eigenvalue weighted by Gasteiger charge is 2.14. The minimum Gasteiger partial charge on any atom is -0.436 e. The second-order valence-corrected chi connectivity index (χ2v) is 7.10. The lowest BCUT2D eigenvalue weighted by atomic mass is 10.1. The molecule has 0 bridgehead atoms. The molecule has 0 fully saturated rings. The maximum atomic E-state index is 12.5. The lowest BCUT2D eigenvalue weighted by Gasteiger charge is -2.14. The molecular weight excluding hydrogens is 382 g/mol. The van der Waals surface area contributed by atoms with Crippen LogP contribution in [0.15, 0.2) is 71.1 Å². The van der Waals surface area contributed by atoms with Crippen molar-refractivity contribution in [1.29, 1.82) is 0 Å². The van der Waals surface area contributed by atoms with Crippen LogP contribution in [0.25, 0.3) is 22.6 Å². The fourth-order valence-electron chi connectivity index (χ4n) is 3.14. The van der Waals surface area contributed by atoms with Gasteiger partial charge in [-0.1, -0.05) is 36.4 Å². The number of hydrogen-bond acceptors (Lipinski definition) is 4. The summed E-state index contributed by atoms with van der Waals surface area (Å²) in [7, 11) is 0. The molecule has 144 valence electrons. The molecule has 1 aromatic heterocycles. The molecule has 4 aromatic rings. The monoisotopic (exact) mass is 401 g/mol. The van der Waals surface area contributed by atoms with Crippen molar-refractivity contribution < 1.29 is 9.21 Å². The van der Waals surface area contributed by atoms with Gasteiger partial charge >= 0.3 is 0 Å². The zero-order valence-corrected chi connectivity index (χ0v) is 16.8. The van der Waals surface area contributed by atoms with Crippen molar-refractivity contribution in [3.63, 3.8) is 0 Å². The van der Waals surface area contributed by atoms with Gasteiger partial charge in [-0.3, -0.25) is 10.1 Å². The van der Waals surface area contributed by atoms with Crippen LogP contribution in [0, 0.1) is 13.8 Å². The van der Waals surface area contributed by atoms with E-state index in [4.69, 9.17) is 16.6 Å². The minimum atomic E-state index is -0.242. The molecule has 3 aromatic carbocycles. The van der Waals surface area contributed by atoms with E-state index in [2.05, 4.69) is 15.6 Å². The number of thiocarbonyl (C=S) groups is 1. The molecule has 1 heterocycles. The first-order valence-corrected chi connectivity index (χ1v) is 9.57. The van der Waals surface area contributed by atoms with E-state index in [0.29, 0.717) is 11.5 Å². The van der Waals surface area contributed by atoms with Crippen molar-refractivity contribution in [2.24, 2.45) is 0 Å². The molecule has 0 aliphatic rings. The second kappa shape index (κ2) is 7.85. The van der Waals surface area contributed by atoms with Gasteiger partial charge in [0.15, 0.2) is 10.7 Å². The summed E-state index contributed by atoms with van der Waals surface area (Å²) in [5.41, 5.74) is 5.59. The topological polar surface area (TPSA) is 67.2 Å². The highest BCUT2D eigenvalue weighted by molar-refractivity contribution is 7.80. The Bertz CT molecular complexity index is 1200. The Balaban J connectivity index is 1.55. The van der Waals surface area contributed by atoms with Crippen LogP contribution < -0.4 is 10.6 Å². The first kappa shape index (κ1) is 18.8. The number of fused-ring (bicyclic) bond motifs is 1. The SMILES string of the molecule is Cc1ccccc1C(=O)NC(=S)Nc1cccc(-c2nc3ccccc3o2)c1C. The second-order valence-electron chi connectivity index (χ2n) is 6.69. The molecule has 0 atom stereocenters. The maximum absolute atomic E-state index is 12.5. The highest BCUT2D eigenvalue weighted by atomic mass is 32.1. The van der Waals surface area contributed by atoms with Crippen molar-refractivity contribution >= 4 is 40.0 Å². The summed E-state index contributed by atoms with van der Waals surface area (Å²) in [5.74, 6) is 0.301. The summed E-state index contributed by atoms with van der Waals surface area (Å²) in [4.78, 5) is 17.0. The van der Waals surface area contributed by atoms with Gasteiger partial charge in [0.1, 0.15) is 5.52 Å². The van der Waals surface area contributed by atoms with Crippen LogP contribution in [-0.2, 0) is 0 Å². The molecule has 0 saturated carbocycles. The Morgan fingerprint density at radius 3 is 2.52 bits per heavy atom. The van der Waals surface area contributed by atoms with Crippen LogP contribution >= 0.6 is 12.2 Å². The fourth-order valence-corrected chi connectivity index (χ4v) is 3.34. The number of aryl methyl sites for hydroxylation is 1. The largest absolute Gasteiger partial charge is 0.436 e. The van der Waals surface area contributed by atoms with E-state index in [0.717, 1.165) is 33.5 Å². The molecule has 0 radical (unpaired) electrons. The minimum absolute atomic E-state index is 0.232. The number of aromatic nitrogens is 1. The number of anilines is 1. The highest BCUT2D eigenvalue weighted by Crippen LogP contribution is 2.30. The number of para-hydroxylation sites is 2. The number of benzene rings is 3. The van der Waals surface area contributed by atoms with E-state index in [1.807, 2.05) is 74.5 Å². The van der Waals surface area contributed by atoms with Gasteiger partial charge in [-0.05, 0) is 67.5 Å². The van der Waals surface area contributed by atoms with E-state index >= 15 is 0 Å². The predicted octanol–water partition coefficient (Wildman–Crippen LogP) is 5.24. The van der Waals surface area contributed by atoms with Gasteiger partial charge < -0.3 is 9.73 Å². The van der Waals surface area contributed by atoms with Crippen molar-refractivity contribution in [1.82, 2.24) is 10.3 Å². The molecule has 1 amide bonds. The summed E-state index contributed by atoms with van der Waals surface area (Å²) in [6, 6.07) is 20.8. The third-order valence-corrected chi connectivity index (χ3v) is 4.93. The van der Waals surface area contributed by atoms with Gasteiger partial charge in [-0.25, -0.2) is 4.98 Å². The average molecular weight is 401 g/mol. The normalized spacial score (nSPS) is 10.7. The van der Waals surface area contributed by atoms with Crippen molar-refractivity contribution in [2.45, 2.75) is 13.8 Å². The Morgan fingerprint density at radius 1 is 0.966 bits per heavy atom. The van der Waals surface area contributed by atoms with Gasteiger partial charge in [0.2, 0.25) is 5.89 Å². The molecule has 0 saturated heterocycles. The Kier molecular flexibility index (Phi) is 5.10. The number of oxazole rings is 1. The Morgan fingerprint density at radius 2 is 1.72 bits per heavy atom. The summed E-state index contributed by atoms with van der Waals surface area (Å²) < 4.78 is 5.89. The average Bonchev–Trinajstić information content (AvgIpc) is 3.13. The van der Waals surface area contributed by atoms with Crippen molar-refractivity contribution in [2.75, 3.05) is 5.32 Å². The lowest BCUT2D eigenvalue weighted by molar-refractivity contribution is 0.0977. The van der Waals surface area contributed by atoms with Crippen LogP contribution in [-0.4, -0.2) is 16.0 Å². The molecule has 2 N–H and O–H groups in total. The number of nitrogens with zero attached hydrogens (tertiary/aromatic N) is 1. The Hall–Kier alpha value is -3.51. The fraction of sp³-hybridized carbons (Fsp3) is 0.0870. The van der Waals surface area contributed by atoms with Crippen LogP contribution in [0.2, 0.25) is 0 Å². The summed E-state index contributed by atoms with van der Waals surface area (Å²) in [6.45, 7) is 3.84. The number of carbonyl (C=O) groups is 1. The smallest absolute Gasteiger partial charge is 0.257 e. The maximum Gasteiger partial charge on any atom is 0.257 e. The molecule has 4 rings (SSSR count). The van der Waals surface area contributed by atoms with E-state index in [1.165, 1.54) is 0 Å². The molecule has 6 heteroatoms. The molecule has 0 aliphatic heterocycles. The molecule has 0 unspecified atom stereocenters. The molecule has 29 heavy (non-hydrogen) atoms. The third-order valence-electron chi connectivity index (χ3n) is 4.72. The zero-order chi connectivity index (χ0) is 20.4. The van der Waals surface area contributed by atoms with Gasteiger partial charge in [-0.2, -0.15) is 0 Å². The van der Waals surface area contributed by atoms with Crippen molar-refractivity contribution in [3.8, 4) is 11.5 Å². The molecule has 0 spiro atoms. The zero-order valence-electron chi connectivity index (χ0n) is 16.0. The predicted molar refractivity (Wildman–Crippen MR) is 119 cm³/mol. The quantitative estimate of drug-likeness (QED) is 0.460. The van der Waals surface area contributed by atoms with Gasteiger partial charge in [-0.15, -0.1) is 0 Å². The lowest BCUT2D eigenvalue weighted by Crippen LogP contribution is -2.34. The van der Waals surface area contributed by atoms with Crippen molar-refractivity contribution in [3.05, 3.63) is 83.4 Å². The van der Waals surface area contributed by atoms with Gasteiger partial charge in [0.25, 0.3) is 5.91 Å². The first-order valence-electron chi connectivity index (χ1n) is 9.16. The molecule has 5 nitrogen and oxygen atoms in total. The third kappa shape index (κ3) is 3.88. The Labute approximate surface area is 173 Å². The van der Waals surface area contributed by atoms with Gasteiger partial charge in [0, 0.05) is 16.8 Å². The van der Waals surface area contributed by atoms with E-state index in [1.54, 1.807) is 6.07 Å². The number of carbonyl (C=O) groups excluding carboxylic acids is 1. The standard InChI is InChI=1S/C23H19N3O2S/c1-14-8-3-4-9-16(14)21(27)26-23(29)25-18-12-7-10-17(15(18)2)22-24-19-11-5-6-13-20(19)28-22/h3-13H,1-2H3,(H2,25,26,27,29).